The Morgan fingerprint density at radius 2 is 1.50 bits per heavy atom. The summed E-state index contributed by atoms with van der Waals surface area (Å²) in [6.07, 6.45) is 2.44. The van der Waals surface area contributed by atoms with E-state index in [0.717, 1.165) is 6.42 Å². The molecule has 2 aliphatic heterocycles. The molecule has 2 heterocycles. The highest BCUT2D eigenvalue weighted by Crippen LogP contribution is 2.24. The van der Waals surface area contributed by atoms with E-state index in [2.05, 4.69) is 0 Å². The second-order valence-electron chi connectivity index (χ2n) is 4.73. The average molecular weight is 255 g/mol. The van der Waals surface area contributed by atoms with E-state index >= 15 is 0 Å². The number of carbonyl (C=O) groups excluding carboxylic acids is 2. The van der Waals surface area contributed by atoms with Gasteiger partial charge in [0, 0.05) is 13.1 Å². The number of primary amides is 1. The van der Waals surface area contributed by atoms with Crippen molar-refractivity contribution in [3.05, 3.63) is 0 Å². The minimum atomic E-state index is -0.990. The Morgan fingerprint density at radius 1 is 1.00 bits per heavy atom. The maximum absolute atomic E-state index is 12.3. The third kappa shape index (κ3) is 2.12. The second-order valence-corrected chi connectivity index (χ2v) is 4.73. The minimum Gasteiger partial charge on any atom is -0.480 e. The molecule has 100 valence electrons. The molecule has 2 fully saturated rings. The van der Waals surface area contributed by atoms with Crippen LogP contribution in [0.1, 0.15) is 25.7 Å². The molecule has 18 heavy (non-hydrogen) atoms. The zero-order valence-electron chi connectivity index (χ0n) is 10.0. The molecule has 1 unspecified atom stereocenters. The number of nitrogens with zero attached hydrogens (tertiary/aromatic N) is 2. The lowest BCUT2D eigenvalue weighted by Crippen LogP contribution is -2.52. The molecular weight excluding hydrogens is 238 g/mol. The summed E-state index contributed by atoms with van der Waals surface area (Å²) in [5, 5.41) is 9.05. The van der Waals surface area contributed by atoms with E-state index in [-0.39, 0.29) is 6.03 Å². The number of nitrogens with two attached hydrogens (primary N) is 1. The molecule has 0 aromatic carbocycles. The number of aliphatic carboxylic acids is 1. The summed E-state index contributed by atoms with van der Waals surface area (Å²) < 4.78 is 0. The number of hydrogen-bond donors (Lipinski definition) is 2. The predicted octanol–water partition coefficient (Wildman–Crippen LogP) is -0.395. The highest BCUT2D eigenvalue weighted by molar-refractivity contribution is 5.88. The first-order chi connectivity index (χ1) is 8.52. The molecule has 0 bridgehead atoms. The summed E-state index contributed by atoms with van der Waals surface area (Å²) in [5.41, 5.74) is 5.25. The molecule has 0 radical (unpaired) electrons. The minimum absolute atomic E-state index is 0.374. The summed E-state index contributed by atoms with van der Waals surface area (Å²) >= 11 is 0. The smallest absolute Gasteiger partial charge is 0.326 e. The van der Waals surface area contributed by atoms with Crippen LogP contribution in [0.2, 0.25) is 0 Å². The van der Waals surface area contributed by atoms with Crippen LogP contribution in [-0.4, -0.2) is 58.0 Å². The van der Waals surface area contributed by atoms with Gasteiger partial charge in [0.05, 0.1) is 0 Å². The fourth-order valence-corrected chi connectivity index (χ4v) is 2.71. The van der Waals surface area contributed by atoms with Crippen LogP contribution in [-0.2, 0) is 9.59 Å². The Kier molecular flexibility index (Phi) is 3.40. The Balaban J connectivity index is 2.11. The highest BCUT2D eigenvalue weighted by atomic mass is 16.4. The van der Waals surface area contributed by atoms with Crippen molar-refractivity contribution >= 4 is 17.9 Å². The average Bonchev–Trinajstić information content (AvgIpc) is 2.97. The summed E-state index contributed by atoms with van der Waals surface area (Å²) in [4.78, 5) is 37.3. The van der Waals surface area contributed by atoms with Gasteiger partial charge in [-0.3, -0.25) is 4.79 Å². The molecule has 2 atom stereocenters. The molecule has 2 aliphatic rings. The third-order valence-corrected chi connectivity index (χ3v) is 3.61. The molecule has 0 aromatic rings. The zero-order valence-corrected chi connectivity index (χ0v) is 10.0. The molecule has 0 aromatic heterocycles. The number of amides is 3. The van der Waals surface area contributed by atoms with Crippen LogP contribution < -0.4 is 5.73 Å². The van der Waals surface area contributed by atoms with Gasteiger partial charge in [-0.2, -0.15) is 0 Å². The number of hydrogen-bond acceptors (Lipinski definition) is 3. The van der Waals surface area contributed by atoms with Gasteiger partial charge in [0.2, 0.25) is 5.91 Å². The van der Waals surface area contributed by atoms with Crippen LogP contribution in [0.4, 0.5) is 4.79 Å². The summed E-state index contributed by atoms with van der Waals surface area (Å²) in [7, 11) is 0. The van der Waals surface area contributed by atoms with E-state index in [0.29, 0.717) is 32.4 Å². The van der Waals surface area contributed by atoms with Gasteiger partial charge in [-0.15, -0.1) is 0 Å². The van der Waals surface area contributed by atoms with E-state index in [1.165, 1.54) is 9.80 Å². The molecule has 3 amide bonds. The molecule has 7 heteroatoms. The van der Waals surface area contributed by atoms with E-state index in [4.69, 9.17) is 10.8 Å². The van der Waals surface area contributed by atoms with Crippen LogP contribution >= 0.6 is 0 Å². The normalized spacial score (nSPS) is 27.6. The largest absolute Gasteiger partial charge is 0.480 e. The van der Waals surface area contributed by atoms with Gasteiger partial charge in [-0.25, -0.2) is 9.59 Å². The molecule has 3 N–H and O–H groups in total. The fourth-order valence-electron chi connectivity index (χ4n) is 2.71. The van der Waals surface area contributed by atoms with Crippen molar-refractivity contribution in [2.45, 2.75) is 37.8 Å². The van der Waals surface area contributed by atoms with E-state index in [9.17, 15) is 14.4 Å². The number of carboxylic acid groups (broad SMARTS) is 1. The number of rotatable bonds is 2. The van der Waals surface area contributed by atoms with Crippen molar-refractivity contribution in [3.63, 3.8) is 0 Å². The first-order valence-electron chi connectivity index (χ1n) is 6.11. The second kappa shape index (κ2) is 4.83. The summed E-state index contributed by atoms with van der Waals surface area (Å²) in [6.45, 7) is 0.896. The molecule has 2 rings (SSSR count). The van der Waals surface area contributed by atoms with Gasteiger partial charge < -0.3 is 20.6 Å². The zero-order chi connectivity index (χ0) is 13.3. The summed E-state index contributed by atoms with van der Waals surface area (Å²) in [6, 6.07) is -1.74. The van der Waals surface area contributed by atoms with Gasteiger partial charge in [-0.1, -0.05) is 0 Å². The first-order valence-corrected chi connectivity index (χ1v) is 6.11. The summed E-state index contributed by atoms with van der Waals surface area (Å²) in [5.74, 6) is -1.51. The maximum atomic E-state index is 12.3. The molecule has 0 aliphatic carbocycles. The lowest BCUT2D eigenvalue weighted by Gasteiger charge is -2.30. The van der Waals surface area contributed by atoms with Gasteiger partial charge in [0.25, 0.3) is 0 Å². The van der Waals surface area contributed by atoms with E-state index < -0.39 is 24.0 Å². The van der Waals surface area contributed by atoms with E-state index in [1.807, 2.05) is 0 Å². The third-order valence-electron chi connectivity index (χ3n) is 3.61. The van der Waals surface area contributed by atoms with Crippen molar-refractivity contribution < 1.29 is 19.5 Å². The highest BCUT2D eigenvalue weighted by Gasteiger charge is 2.40. The molecule has 2 saturated heterocycles. The fraction of sp³-hybridized carbons (Fsp3) is 0.727. The monoisotopic (exact) mass is 255 g/mol. The van der Waals surface area contributed by atoms with Gasteiger partial charge >= 0.3 is 12.0 Å². The van der Waals surface area contributed by atoms with Crippen LogP contribution in [0.15, 0.2) is 0 Å². The Labute approximate surface area is 105 Å². The molecular formula is C11H17N3O4. The first kappa shape index (κ1) is 12.7. The number of urea groups is 1. The van der Waals surface area contributed by atoms with Gasteiger partial charge in [0.15, 0.2) is 0 Å². The maximum Gasteiger partial charge on any atom is 0.326 e. The lowest BCUT2D eigenvalue weighted by molar-refractivity contribution is -0.141. The van der Waals surface area contributed by atoms with Crippen LogP contribution in [0.25, 0.3) is 0 Å². The lowest BCUT2D eigenvalue weighted by atomic mass is 10.2. The van der Waals surface area contributed by atoms with Crippen molar-refractivity contribution in [2.75, 3.05) is 13.1 Å². The standard InChI is InChI=1S/C11H17N3O4/c12-9(15)7-3-1-5-13(7)11(18)14-6-2-4-8(14)10(16)17/h7-8H,1-6H2,(H2,12,15)(H,16,17)/t7?,8-/m0/s1. The molecule has 0 saturated carbocycles. The van der Waals surface area contributed by atoms with Crippen LogP contribution in [0.3, 0.4) is 0 Å². The number of carbonyl (C=O) groups is 3. The predicted molar refractivity (Wildman–Crippen MR) is 61.7 cm³/mol. The van der Waals surface area contributed by atoms with Gasteiger partial charge in [-0.05, 0) is 25.7 Å². The van der Waals surface area contributed by atoms with Crippen molar-refractivity contribution in [2.24, 2.45) is 5.73 Å². The van der Waals surface area contributed by atoms with Crippen LogP contribution in [0, 0.1) is 0 Å². The Bertz CT molecular complexity index is 350. The van der Waals surface area contributed by atoms with E-state index in [1.54, 1.807) is 0 Å². The van der Waals surface area contributed by atoms with Crippen molar-refractivity contribution in [3.8, 4) is 0 Å². The van der Waals surface area contributed by atoms with Crippen LogP contribution in [0.5, 0.6) is 0 Å². The Morgan fingerprint density at radius 3 is 2.00 bits per heavy atom. The molecule has 7 nitrogen and oxygen atoms in total. The SMILES string of the molecule is NC(=O)C1CCCN1C(=O)N1CCC[C@H]1C(=O)O. The Hall–Kier alpha value is -1.79. The number of likely N-dealkylation sites (tertiary alicyclic amines) is 2. The quantitative estimate of drug-likeness (QED) is 0.700. The van der Waals surface area contributed by atoms with Gasteiger partial charge in [0.1, 0.15) is 12.1 Å². The number of carboxylic acids is 1. The van der Waals surface area contributed by atoms with Crippen molar-refractivity contribution in [1.29, 1.82) is 0 Å². The molecule has 0 spiro atoms. The topological polar surface area (TPSA) is 104 Å². The van der Waals surface area contributed by atoms with Crippen molar-refractivity contribution in [1.82, 2.24) is 9.80 Å².